The van der Waals surface area contributed by atoms with E-state index in [4.69, 9.17) is 4.74 Å². The molecular formula is C45H52N2O5S2. The highest BCUT2D eigenvalue weighted by Crippen LogP contribution is 2.40. The van der Waals surface area contributed by atoms with Gasteiger partial charge in [-0.1, -0.05) is 152 Å². The molecule has 7 nitrogen and oxygen atoms in total. The van der Waals surface area contributed by atoms with E-state index in [1.807, 2.05) is 80.6 Å². The van der Waals surface area contributed by atoms with E-state index in [0.717, 1.165) is 59.9 Å². The van der Waals surface area contributed by atoms with Crippen LogP contribution in [0.2, 0.25) is 0 Å². The summed E-state index contributed by atoms with van der Waals surface area (Å²) in [5.41, 5.74) is 4.32. The molecule has 1 N–H and O–H groups in total. The van der Waals surface area contributed by atoms with Crippen LogP contribution < -0.4 is 4.72 Å². The standard InChI is InChI=1S/C45H52N2O5S2/c1-36-26-30-41(31-27-36)53(48,49)46-43-24-14-15-25-44(43)47(54(50,51)42-32-28-37(2)29-33-42)34-16-3-4-17-35-52-45(38-18-8-5-9-19-38,39-20-10-6-11-21-39)40-22-12-7-13-23-40/h5-13,18-23,26-33,43-44,46H,3-4,14-17,24-25,34-35H2,1-2H3/t43-,44-/m1/s1. The number of hydrogen-bond acceptors (Lipinski definition) is 5. The minimum absolute atomic E-state index is 0.184. The van der Waals surface area contributed by atoms with Crippen LogP contribution in [0.15, 0.2) is 149 Å². The van der Waals surface area contributed by atoms with Crippen molar-refractivity contribution in [3.05, 3.63) is 167 Å². The van der Waals surface area contributed by atoms with Gasteiger partial charge in [-0.25, -0.2) is 21.6 Å². The average Bonchev–Trinajstić information content (AvgIpc) is 3.19. The Kier molecular flexibility index (Phi) is 13.2. The molecule has 0 amide bonds. The van der Waals surface area contributed by atoms with Gasteiger partial charge in [-0.15, -0.1) is 0 Å². The van der Waals surface area contributed by atoms with Gasteiger partial charge >= 0.3 is 0 Å². The number of nitrogens with zero attached hydrogens (tertiary/aromatic N) is 1. The molecule has 2 atom stereocenters. The topological polar surface area (TPSA) is 92.8 Å². The molecule has 0 saturated heterocycles. The number of aryl methyl sites for hydroxylation is 2. The lowest BCUT2D eigenvalue weighted by Gasteiger charge is -2.39. The van der Waals surface area contributed by atoms with Crippen molar-refractivity contribution in [2.45, 2.75) is 92.7 Å². The van der Waals surface area contributed by atoms with Gasteiger partial charge in [-0.3, -0.25) is 0 Å². The Balaban J connectivity index is 1.17. The number of sulfonamides is 2. The zero-order valence-corrected chi connectivity index (χ0v) is 32.9. The fourth-order valence-corrected chi connectivity index (χ4v) is 10.6. The predicted octanol–water partition coefficient (Wildman–Crippen LogP) is 9.15. The summed E-state index contributed by atoms with van der Waals surface area (Å²) in [7, 11) is -7.76. The highest BCUT2D eigenvalue weighted by atomic mass is 32.2. The molecule has 1 aliphatic rings. The van der Waals surface area contributed by atoms with E-state index in [2.05, 4.69) is 41.1 Å². The van der Waals surface area contributed by atoms with E-state index in [1.54, 1.807) is 40.7 Å². The zero-order valence-electron chi connectivity index (χ0n) is 31.3. The van der Waals surface area contributed by atoms with Crippen molar-refractivity contribution < 1.29 is 21.6 Å². The third-order valence-electron chi connectivity index (χ3n) is 10.5. The highest BCUT2D eigenvalue weighted by molar-refractivity contribution is 7.89. The van der Waals surface area contributed by atoms with Crippen LogP contribution in [0.4, 0.5) is 0 Å². The van der Waals surface area contributed by atoms with E-state index in [9.17, 15) is 16.8 Å². The van der Waals surface area contributed by atoms with E-state index >= 15 is 0 Å². The molecule has 1 aliphatic carbocycles. The lowest BCUT2D eigenvalue weighted by Crippen LogP contribution is -2.55. The first kappa shape index (κ1) is 39.6. The van der Waals surface area contributed by atoms with Crippen molar-refractivity contribution in [3.63, 3.8) is 0 Å². The molecule has 9 heteroatoms. The maximum atomic E-state index is 14.4. The molecule has 0 bridgehead atoms. The van der Waals surface area contributed by atoms with E-state index in [1.165, 1.54) is 0 Å². The van der Waals surface area contributed by atoms with Gasteiger partial charge in [-0.2, -0.15) is 4.31 Å². The Morgan fingerprint density at radius 3 is 1.57 bits per heavy atom. The van der Waals surface area contributed by atoms with Crippen molar-refractivity contribution in [1.82, 2.24) is 9.03 Å². The molecule has 0 spiro atoms. The lowest BCUT2D eigenvalue weighted by molar-refractivity contribution is 0.0106. The number of ether oxygens (including phenoxy) is 1. The molecule has 1 saturated carbocycles. The average molecular weight is 765 g/mol. The number of benzene rings is 5. The molecule has 5 aromatic carbocycles. The number of rotatable bonds is 17. The Hall–Kier alpha value is -4.12. The highest BCUT2D eigenvalue weighted by Gasteiger charge is 2.40. The van der Waals surface area contributed by atoms with Gasteiger partial charge in [0.1, 0.15) is 5.60 Å². The first-order chi connectivity index (χ1) is 26.1. The maximum Gasteiger partial charge on any atom is 0.243 e. The second-order valence-corrected chi connectivity index (χ2v) is 18.0. The molecule has 5 aromatic rings. The van der Waals surface area contributed by atoms with E-state index in [0.29, 0.717) is 32.4 Å². The second-order valence-electron chi connectivity index (χ2n) is 14.4. The van der Waals surface area contributed by atoms with Crippen molar-refractivity contribution >= 4 is 20.0 Å². The second kappa shape index (κ2) is 18.0. The molecule has 0 aromatic heterocycles. The summed E-state index contributed by atoms with van der Waals surface area (Å²) < 4.78 is 67.3. The fraction of sp³-hybridized carbons (Fsp3) is 0.333. The van der Waals surface area contributed by atoms with Crippen LogP contribution in [0.1, 0.15) is 79.2 Å². The monoisotopic (exact) mass is 764 g/mol. The Labute approximate surface area is 322 Å². The van der Waals surface area contributed by atoms with Gasteiger partial charge in [0.05, 0.1) is 9.79 Å². The third-order valence-corrected chi connectivity index (χ3v) is 13.9. The van der Waals surface area contributed by atoms with Crippen molar-refractivity contribution in [3.8, 4) is 0 Å². The van der Waals surface area contributed by atoms with Crippen LogP contribution in [0.5, 0.6) is 0 Å². The molecule has 0 radical (unpaired) electrons. The normalized spacial score (nSPS) is 16.7. The van der Waals surface area contributed by atoms with Gasteiger partial charge in [-0.05, 0) is 80.5 Å². The van der Waals surface area contributed by atoms with Crippen molar-refractivity contribution in [2.75, 3.05) is 13.2 Å². The largest absolute Gasteiger partial charge is 0.361 e. The number of unbranched alkanes of at least 4 members (excludes halogenated alkanes) is 3. The summed E-state index contributed by atoms with van der Waals surface area (Å²) in [5.74, 6) is 0. The number of nitrogens with one attached hydrogen (secondary N) is 1. The minimum atomic E-state index is -3.91. The van der Waals surface area contributed by atoms with Crippen LogP contribution in [0, 0.1) is 13.8 Å². The molecule has 1 fully saturated rings. The summed E-state index contributed by atoms with van der Waals surface area (Å²) in [6.07, 6.45) is 5.88. The van der Waals surface area contributed by atoms with Crippen molar-refractivity contribution in [1.29, 1.82) is 0 Å². The Bertz CT molecular complexity index is 2030. The molecule has 0 aliphatic heterocycles. The minimum Gasteiger partial charge on any atom is -0.361 e. The van der Waals surface area contributed by atoms with Crippen molar-refractivity contribution in [2.24, 2.45) is 0 Å². The van der Waals surface area contributed by atoms with E-state index in [-0.39, 0.29) is 9.79 Å². The SMILES string of the molecule is Cc1ccc(S(=O)(=O)N[C@@H]2CCCC[C@H]2N(CCCCCCOC(c2ccccc2)(c2ccccc2)c2ccccc2)S(=O)(=O)c2ccc(C)cc2)cc1. The summed E-state index contributed by atoms with van der Waals surface area (Å²) in [6.45, 7) is 4.65. The van der Waals surface area contributed by atoms with Gasteiger partial charge in [0, 0.05) is 25.2 Å². The molecule has 0 unspecified atom stereocenters. The molecular weight excluding hydrogens is 713 g/mol. The van der Waals surface area contributed by atoms with Crippen LogP contribution in [-0.4, -0.2) is 46.4 Å². The van der Waals surface area contributed by atoms with Crippen LogP contribution in [0.25, 0.3) is 0 Å². The first-order valence-electron chi connectivity index (χ1n) is 19.1. The fourth-order valence-electron chi connectivity index (χ4n) is 7.61. The summed E-state index contributed by atoms with van der Waals surface area (Å²) in [5, 5.41) is 0. The first-order valence-corrected chi connectivity index (χ1v) is 22.0. The molecule has 6 rings (SSSR count). The van der Waals surface area contributed by atoms with Gasteiger partial charge in [0.2, 0.25) is 20.0 Å². The molecule has 0 heterocycles. The summed E-state index contributed by atoms with van der Waals surface area (Å²) in [4.78, 5) is 0.412. The van der Waals surface area contributed by atoms with Crippen LogP contribution in [-0.2, 0) is 30.4 Å². The quantitative estimate of drug-likeness (QED) is 0.0754. The van der Waals surface area contributed by atoms with Crippen LogP contribution >= 0.6 is 0 Å². The third kappa shape index (κ3) is 9.21. The predicted molar refractivity (Wildman–Crippen MR) is 216 cm³/mol. The summed E-state index contributed by atoms with van der Waals surface area (Å²) >= 11 is 0. The molecule has 284 valence electrons. The van der Waals surface area contributed by atoms with E-state index < -0.39 is 37.7 Å². The van der Waals surface area contributed by atoms with Gasteiger partial charge < -0.3 is 4.74 Å². The zero-order chi connectivity index (χ0) is 38.0. The van der Waals surface area contributed by atoms with Crippen LogP contribution in [0.3, 0.4) is 0 Å². The Morgan fingerprint density at radius 2 is 1.06 bits per heavy atom. The maximum absolute atomic E-state index is 14.4. The van der Waals surface area contributed by atoms with Gasteiger partial charge in [0.25, 0.3) is 0 Å². The number of hydrogen-bond donors (Lipinski definition) is 1. The molecule has 54 heavy (non-hydrogen) atoms. The lowest BCUT2D eigenvalue weighted by atomic mass is 9.80. The smallest absolute Gasteiger partial charge is 0.243 e. The van der Waals surface area contributed by atoms with Gasteiger partial charge in [0.15, 0.2) is 0 Å². The summed E-state index contributed by atoms with van der Waals surface area (Å²) in [6, 6.07) is 43.6. The Morgan fingerprint density at radius 1 is 0.593 bits per heavy atom.